The normalized spacial score (nSPS) is 10.3. The first-order valence-corrected chi connectivity index (χ1v) is 6.09. The van der Waals surface area contributed by atoms with Gasteiger partial charge in [-0.3, -0.25) is 10.1 Å². The van der Waals surface area contributed by atoms with Crippen LogP contribution < -0.4 is 10.1 Å². The van der Waals surface area contributed by atoms with E-state index in [1.165, 1.54) is 32.2 Å². The van der Waals surface area contributed by atoms with Crippen LogP contribution in [0.5, 0.6) is 5.75 Å². The number of benzene rings is 1. The van der Waals surface area contributed by atoms with Crippen LogP contribution in [0.25, 0.3) is 0 Å². The molecule has 0 aliphatic rings. The molecule has 0 saturated carbocycles. The molecule has 7 nitrogen and oxygen atoms in total. The van der Waals surface area contributed by atoms with E-state index in [1.807, 2.05) is 0 Å². The van der Waals surface area contributed by atoms with E-state index < -0.39 is 10.7 Å². The number of anilines is 2. The summed E-state index contributed by atoms with van der Waals surface area (Å²) in [4.78, 5) is 18.0. The Morgan fingerprint density at radius 3 is 2.76 bits per heavy atom. The smallest absolute Gasteiger partial charge is 0.332 e. The average Bonchev–Trinajstić information content (AvgIpc) is 2.39. The lowest BCUT2D eigenvalue weighted by Crippen LogP contribution is -2.04. The van der Waals surface area contributed by atoms with Crippen LogP contribution in [-0.4, -0.2) is 22.0 Å². The number of nitro groups is 1. The van der Waals surface area contributed by atoms with Crippen molar-refractivity contribution in [2.24, 2.45) is 0 Å². The first-order valence-electron chi connectivity index (χ1n) is 5.71. The van der Waals surface area contributed by atoms with Crippen LogP contribution in [0, 0.1) is 22.9 Å². The maximum absolute atomic E-state index is 13.3. The van der Waals surface area contributed by atoms with Crippen molar-refractivity contribution >= 4 is 28.8 Å². The molecule has 0 fully saturated rings. The Bertz CT molecular complexity index is 711. The Morgan fingerprint density at radius 2 is 2.14 bits per heavy atom. The van der Waals surface area contributed by atoms with Crippen LogP contribution in [0.3, 0.4) is 0 Å². The predicted molar refractivity (Wildman–Crippen MR) is 74.7 cm³/mol. The Balaban J connectivity index is 2.46. The number of hydrogen-bond donors (Lipinski definition) is 1. The maximum atomic E-state index is 13.3. The fourth-order valence-corrected chi connectivity index (χ4v) is 1.92. The summed E-state index contributed by atoms with van der Waals surface area (Å²) in [6.07, 6.45) is 0. The highest BCUT2D eigenvalue weighted by atomic mass is 35.5. The third-order valence-electron chi connectivity index (χ3n) is 2.63. The largest absolute Gasteiger partial charge is 0.494 e. The van der Waals surface area contributed by atoms with Gasteiger partial charge in [0.1, 0.15) is 5.69 Å². The van der Waals surface area contributed by atoms with Gasteiger partial charge in [-0.05, 0) is 30.7 Å². The van der Waals surface area contributed by atoms with E-state index in [2.05, 4.69) is 15.3 Å². The molecular formula is C12H10ClFN4O3. The minimum Gasteiger partial charge on any atom is -0.494 e. The van der Waals surface area contributed by atoms with Gasteiger partial charge in [-0.1, -0.05) is 0 Å². The van der Waals surface area contributed by atoms with E-state index in [9.17, 15) is 14.5 Å². The van der Waals surface area contributed by atoms with Crippen LogP contribution in [0.1, 0.15) is 5.69 Å². The number of hydrogen-bond acceptors (Lipinski definition) is 6. The molecule has 1 aromatic carbocycles. The van der Waals surface area contributed by atoms with E-state index in [0.717, 1.165) is 0 Å². The quantitative estimate of drug-likeness (QED) is 0.529. The van der Waals surface area contributed by atoms with Crippen molar-refractivity contribution in [3.63, 3.8) is 0 Å². The number of rotatable bonds is 4. The molecule has 9 heteroatoms. The van der Waals surface area contributed by atoms with Crippen molar-refractivity contribution < 1.29 is 14.1 Å². The van der Waals surface area contributed by atoms with Gasteiger partial charge < -0.3 is 10.1 Å². The zero-order chi connectivity index (χ0) is 15.6. The molecule has 0 bridgehead atoms. The summed E-state index contributed by atoms with van der Waals surface area (Å²) < 4.78 is 18.2. The Hall–Kier alpha value is -2.48. The second-order valence-corrected chi connectivity index (χ2v) is 4.34. The molecule has 110 valence electrons. The lowest BCUT2D eigenvalue weighted by atomic mass is 10.2. The second-order valence-electron chi connectivity index (χ2n) is 4.01. The van der Waals surface area contributed by atoms with Crippen molar-refractivity contribution in [2.45, 2.75) is 6.92 Å². The summed E-state index contributed by atoms with van der Waals surface area (Å²) in [5, 5.41) is 13.7. The van der Waals surface area contributed by atoms with Crippen molar-refractivity contribution in [1.82, 2.24) is 9.97 Å². The molecule has 0 aliphatic carbocycles. The minimum absolute atomic E-state index is 0.000437. The number of ether oxygens (including phenoxy) is 1. The number of methoxy groups -OCH3 is 1. The maximum Gasteiger partial charge on any atom is 0.332 e. The predicted octanol–water partition coefficient (Wildman–Crippen LogP) is 3.24. The molecule has 0 radical (unpaired) electrons. The molecule has 2 aromatic rings. The third-order valence-corrected chi connectivity index (χ3v) is 2.80. The van der Waals surface area contributed by atoms with Gasteiger partial charge in [0.25, 0.3) is 0 Å². The lowest BCUT2D eigenvalue weighted by molar-refractivity contribution is -0.385. The Labute approximate surface area is 123 Å². The Kier molecular flexibility index (Phi) is 4.18. The van der Waals surface area contributed by atoms with Crippen LogP contribution >= 0.6 is 11.6 Å². The SMILES string of the molecule is COc1cc(Nc2nc(Cl)nc(C)c2[N+](=O)[O-])ccc1F. The zero-order valence-electron chi connectivity index (χ0n) is 11.1. The minimum atomic E-state index is -0.616. The first kappa shape index (κ1) is 14.9. The monoisotopic (exact) mass is 312 g/mol. The van der Waals surface area contributed by atoms with Gasteiger partial charge in [0.15, 0.2) is 11.6 Å². The van der Waals surface area contributed by atoms with E-state index in [4.69, 9.17) is 16.3 Å². The summed E-state index contributed by atoms with van der Waals surface area (Å²) in [6.45, 7) is 1.45. The van der Waals surface area contributed by atoms with Gasteiger partial charge in [-0.2, -0.15) is 4.98 Å². The fraction of sp³-hybridized carbons (Fsp3) is 0.167. The molecule has 0 aliphatic heterocycles. The van der Waals surface area contributed by atoms with Gasteiger partial charge in [-0.15, -0.1) is 0 Å². The number of nitrogens with one attached hydrogen (secondary N) is 1. The molecule has 21 heavy (non-hydrogen) atoms. The molecule has 0 amide bonds. The molecular weight excluding hydrogens is 303 g/mol. The molecule has 0 unspecified atom stereocenters. The standard InChI is InChI=1S/C12H10ClFN4O3/c1-6-10(18(19)20)11(17-12(13)15-6)16-7-3-4-8(14)9(5-7)21-2/h3-5H,1-2H3,(H,15,16,17). The molecule has 2 rings (SSSR count). The highest BCUT2D eigenvalue weighted by Gasteiger charge is 2.22. The number of nitrogens with zero attached hydrogens (tertiary/aromatic N) is 3. The van der Waals surface area contributed by atoms with E-state index in [1.54, 1.807) is 0 Å². The molecule has 0 atom stereocenters. The molecule has 0 spiro atoms. The van der Waals surface area contributed by atoms with Gasteiger partial charge in [0.05, 0.1) is 12.0 Å². The molecule has 1 aromatic heterocycles. The van der Waals surface area contributed by atoms with E-state index in [-0.39, 0.29) is 28.2 Å². The summed E-state index contributed by atoms with van der Waals surface area (Å²) >= 11 is 5.71. The van der Waals surface area contributed by atoms with Gasteiger partial charge >= 0.3 is 5.69 Å². The van der Waals surface area contributed by atoms with Crippen molar-refractivity contribution in [2.75, 3.05) is 12.4 Å². The van der Waals surface area contributed by atoms with Crippen molar-refractivity contribution in [1.29, 1.82) is 0 Å². The topological polar surface area (TPSA) is 90.2 Å². The number of halogens is 2. The zero-order valence-corrected chi connectivity index (χ0v) is 11.8. The highest BCUT2D eigenvalue weighted by molar-refractivity contribution is 6.28. The molecule has 1 heterocycles. The molecule has 0 saturated heterocycles. The molecule has 1 N–H and O–H groups in total. The van der Waals surface area contributed by atoms with Gasteiger partial charge in [0, 0.05) is 11.8 Å². The Morgan fingerprint density at radius 1 is 1.43 bits per heavy atom. The summed E-state index contributed by atoms with van der Waals surface area (Å²) in [5.74, 6) is -0.625. The highest BCUT2D eigenvalue weighted by Crippen LogP contribution is 2.30. The fourth-order valence-electron chi connectivity index (χ4n) is 1.71. The van der Waals surface area contributed by atoms with Crippen molar-refractivity contribution in [3.8, 4) is 5.75 Å². The third kappa shape index (κ3) is 3.16. The van der Waals surface area contributed by atoms with Crippen LogP contribution in [0.15, 0.2) is 18.2 Å². The van der Waals surface area contributed by atoms with Crippen LogP contribution in [-0.2, 0) is 0 Å². The first-order chi connectivity index (χ1) is 9.92. The number of aromatic nitrogens is 2. The summed E-state index contributed by atoms with van der Waals surface area (Å²) in [7, 11) is 1.32. The average molecular weight is 313 g/mol. The van der Waals surface area contributed by atoms with Gasteiger partial charge in [0.2, 0.25) is 11.1 Å². The van der Waals surface area contributed by atoms with Crippen molar-refractivity contribution in [3.05, 3.63) is 45.1 Å². The summed E-state index contributed by atoms with van der Waals surface area (Å²) in [5.41, 5.74) is 0.185. The second kappa shape index (κ2) is 5.88. The van der Waals surface area contributed by atoms with E-state index in [0.29, 0.717) is 5.69 Å². The van der Waals surface area contributed by atoms with E-state index >= 15 is 0 Å². The lowest BCUT2D eigenvalue weighted by Gasteiger charge is -2.09. The van der Waals surface area contributed by atoms with Crippen LogP contribution in [0.4, 0.5) is 21.6 Å². The van der Waals surface area contributed by atoms with Gasteiger partial charge in [-0.25, -0.2) is 9.37 Å². The van der Waals surface area contributed by atoms with Crippen LogP contribution in [0.2, 0.25) is 5.28 Å². The summed E-state index contributed by atoms with van der Waals surface area (Å²) in [6, 6.07) is 3.92. The number of aryl methyl sites for hydroxylation is 1.